The van der Waals surface area contributed by atoms with Gasteiger partial charge in [0.05, 0.1) is 11.7 Å². The summed E-state index contributed by atoms with van der Waals surface area (Å²) in [6.45, 7) is 0.607. The molecule has 2 aromatic rings. The first kappa shape index (κ1) is 18.0. The molecule has 0 saturated heterocycles. The third-order valence-electron chi connectivity index (χ3n) is 4.31. The number of nitrogens with zero attached hydrogens (tertiary/aromatic N) is 1. The highest BCUT2D eigenvalue weighted by Crippen LogP contribution is 2.36. The van der Waals surface area contributed by atoms with Crippen LogP contribution in [0.3, 0.4) is 0 Å². The van der Waals surface area contributed by atoms with E-state index < -0.39 is 0 Å². The number of benzene rings is 1. The van der Waals surface area contributed by atoms with Crippen molar-refractivity contribution in [1.29, 1.82) is 0 Å². The molecule has 1 amide bonds. The second kappa shape index (κ2) is 7.60. The van der Waals surface area contributed by atoms with E-state index in [-0.39, 0.29) is 17.3 Å². The van der Waals surface area contributed by atoms with Crippen LogP contribution in [0.15, 0.2) is 36.5 Å². The van der Waals surface area contributed by atoms with Gasteiger partial charge in [-0.25, -0.2) is 4.98 Å². The molecule has 1 aromatic heterocycles. The van der Waals surface area contributed by atoms with E-state index in [0.717, 1.165) is 24.0 Å². The summed E-state index contributed by atoms with van der Waals surface area (Å²) in [6, 6.07) is 9.21. The van der Waals surface area contributed by atoms with Crippen molar-refractivity contribution in [3.8, 4) is 16.9 Å². The van der Waals surface area contributed by atoms with Crippen molar-refractivity contribution < 1.29 is 9.53 Å². The first-order chi connectivity index (χ1) is 12.0. The van der Waals surface area contributed by atoms with Gasteiger partial charge in [-0.1, -0.05) is 23.7 Å². The van der Waals surface area contributed by atoms with E-state index in [4.69, 9.17) is 27.9 Å². The maximum Gasteiger partial charge on any atom is 0.239 e. The van der Waals surface area contributed by atoms with Gasteiger partial charge in [-0.2, -0.15) is 0 Å². The molecule has 0 radical (unpaired) electrons. The Balaban J connectivity index is 1.74. The number of anilines is 1. The quantitative estimate of drug-likeness (QED) is 0.568. The fourth-order valence-corrected chi connectivity index (χ4v) is 2.76. The monoisotopic (exact) mass is 379 g/mol. The summed E-state index contributed by atoms with van der Waals surface area (Å²) < 4.78 is 5.88. The first-order valence-corrected chi connectivity index (χ1v) is 8.90. The van der Waals surface area contributed by atoms with E-state index in [9.17, 15) is 4.79 Å². The molecule has 0 unspecified atom stereocenters. The molecule has 1 aromatic carbocycles. The van der Waals surface area contributed by atoms with Crippen LogP contribution in [-0.2, 0) is 4.79 Å². The number of hydrogen-bond acceptors (Lipinski definition) is 4. The molecule has 0 spiro atoms. The van der Waals surface area contributed by atoms with E-state index in [2.05, 4.69) is 15.6 Å². The lowest BCUT2D eigenvalue weighted by molar-refractivity contribution is -0.113. The zero-order chi connectivity index (χ0) is 17.9. The van der Waals surface area contributed by atoms with Crippen LogP contribution >= 0.6 is 23.2 Å². The normalized spacial score (nSPS) is 14.8. The highest BCUT2D eigenvalue weighted by atomic mass is 35.5. The number of rotatable bonds is 7. The number of hydrogen-bond donors (Lipinski definition) is 2. The standard InChI is InChI=1S/C18H19Cl2N3O2/c1-21-18(6-7-18)11-25-14-8-15(17(20)22-10-14)12-2-4-13(5-3-12)23-16(24)9-19/h2-5,8,10,21H,6-7,9,11H2,1H3,(H,23,24). The number of likely N-dealkylation sites (N-methyl/N-ethyl adjacent to an activating group) is 1. The lowest BCUT2D eigenvalue weighted by atomic mass is 10.1. The van der Waals surface area contributed by atoms with E-state index >= 15 is 0 Å². The Bertz CT molecular complexity index is 761. The Kier molecular flexibility index (Phi) is 5.47. The lowest BCUT2D eigenvalue weighted by Gasteiger charge is -2.16. The molecule has 0 aliphatic heterocycles. The minimum atomic E-state index is -0.247. The second-order valence-corrected chi connectivity index (χ2v) is 6.71. The molecule has 1 heterocycles. The number of halogens is 2. The molecule has 1 aliphatic rings. The fraction of sp³-hybridized carbons (Fsp3) is 0.333. The molecule has 1 fully saturated rings. The Morgan fingerprint density at radius 3 is 2.64 bits per heavy atom. The van der Waals surface area contributed by atoms with E-state index in [1.165, 1.54) is 0 Å². The van der Waals surface area contributed by atoms with Crippen molar-refractivity contribution in [1.82, 2.24) is 10.3 Å². The third kappa shape index (κ3) is 4.42. The molecule has 7 heteroatoms. The van der Waals surface area contributed by atoms with Gasteiger partial charge in [0.2, 0.25) is 5.91 Å². The van der Waals surface area contributed by atoms with Crippen molar-refractivity contribution in [2.24, 2.45) is 0 Å². The van der Waals surface area contributed by atoms with Crippen LogP contribution in [0, 0.1) is 0 Å². The molecule has 2 N–H and O–H groups in total. The Morgan fingerprint density at radius 2 is 2.04 bits per heavy atom. The first-order valence-electron chi connectivity index (χ1n) is 7.99. The highest BCUT2D eigenvalue weighted by Gasteiger charge is 2.41. The highest BCUT2D eigenvalue weighted by molar-refractivity contribution is 6.32. The van der Waals surface area contributed by atoms with Gasteiger partial charge in [0, 0.05) is 11.3 Å². The molecule has 132 valence electrons. The van der Waals surface area contributed by atoms with Crippen LogP contribution < -0.4 is 15.4 Å². The van der Waals surface area contributed by atoms with E-state index in [1.54, 1.807) is 18.3 Å². The molecular formula is C18H19Cl2N3O2. The summed E-state index contributed by atoms with van der Waals surface area (Å²) in [4.78, 5) is 15.5. The van der Waals surface area contributed by atoms with Crippen molar-refractivity contribution >= 4 is 34.8 Å². The predicted octanol–water partition coefficient (Wildman–Crippen LogP) is 3.71. The summed E-state index contributed by atoms with van der Waals surface area (Å²) in [5, 5.41) is 6.39. The molecule has 0 atom stereocenters. The van der Waals surface area contributed by atoms with Gasteiger partial charge in [0.15, 0.2) is 0 Å². The zero-order valence-electron chi connectivity index (χ0n) is 13.8. The largest absolute Gasteiger partial charge is 0.490 e. The Morgan fingerprint density at radius 1 is 1.32 bits per heavy atom. The summed E-state index contributed by atoms with van der Waals surface area (Å²) >= 11 is 11.7. The van der Waals surface area contributed by atoms with Gasteiger partial charge >= 0.3 is 0 Å². The van der Waals surface area contributed by atoms with E-state index in [0.29, 0.717) is 23.2 Å². The molecule has 25 heavy (non-hydrogen) atoms. The number of carbonyl (C=O) groups excluding carboxylic acids is 1. The average Bonchev–Trinajstić information content (AvgIpc) is 3.42. The molecular weight excluding hydrogens is 361 g/mol. The van der Waals surface area contributed by atoms with Gasteiger partial charge in [0.1, 0.15) is 23.4 Å². The third-order valence-corrected chi connectivity index (χ3v) is 4.86. The van der Waals surface area contributed by atoms with Gasteiger partial charge in [-0.3, -0.25) is 4.79 Å². The number of carbonyl (C=O) groups is 1. The molecule has 0 bridgehead atoms. The summed E-state index contributed by atoms with van der Waals surface area (Å²) in [7, 11) is 1.95. The lowest BCUT2D eigenvalue weighted by Crippen LogP contribution is -2.33. The fourth-order valence-electron chi connectivity index (χ4n) is 2.48. The molecule has 5 nitrogen and oxygen atoms in total. The number of aromatic nitrogens is 1. The maximum absolute atomic E-state index is 11.3. The van der Waals surface area contributed by atoms with Crippen molar-refractivity contribution in [3.05, 3.63) is 41.7 Å². The smallest absolute Gasteiger partial charge is 0.239 e. The minimum absolute atomic E-state index is 0.0784. The van der Waals surface area contributed by atoms with Crippen LogP contribution in [0.25, 0.3) is 11.1 Å². The van der Waals surface area contributed by atoms with Crippen LogP contribution in [0.4, 0.5) is 5.69 Å². The Labute approximate surface area is 156 Å². The topological polar surface area (TPSA) is 63.2 Å². The summed E-state index contributed by atoms with van der Waals surface area (Å²) in [5.74, 6) is 0.355. The average molecular weight is 380 g/mol. The number of pyridine rings is 1. The minimum Gasteiger partial charge on any atom is -0.490 e. The maximum atomic E-state index is 11.3. The number of amides is 1. The molecule has 1 aliphatic carbocycles. The summed E-state index contributed by atoms with van der Waals surface area (Å²) in [6.07, 6.45) is 3.87. The zero-order valence-corrected chi connectivity index (χ0v) is 15.3. The van der Waals surface area contributed by atoms with Gasteiger partial charge in [0.25, 0.3) is 0 Å². The van der Waals surface area contributed by atoms with Crippen molar-refractivity contribution in [3.63, 3.8) is 0 Å². The summed E-state index contributed by atoms with van der Waals surface area (Å²) in [5.41, 5.74) is 2.45. The van der Waals surface area contributed by atoms with Crippen LogP contribution in [0.5, 0.6) is 5.75 Å². The number of nitrogens with one attached hydrogen (secondary N) is 2. The Hall–Kier alpha value is -1.82. The van der Waals surface area contributed by atoms with Crippen molar-refractivity contribution in [2.75, 3.05) is 24.9 Å². The SMILES string of the molecule is CNC1(COc2cnc(Cl)c(-c3ccc(NC(=O)CCl)cc3)c2)CC1. The van der Waals surface area contributed by atoms with E-state index in [1.807, 2.05) is 25.2 Å². The second-order valence-electron chi connectivity index (χ2n) is 6.09. The van der Waals surface area contributed by atoms with Crippen molar-refractivity contribution in [2.45, 2.75) is 18.4 Å². The number of alkyl halides is 1. The number of ether oxygens (including phenoxy) is 1. The predicted molar refractivity (Wildman–Crippen MR) is 101 cm³/mol. The van der Waals surface area contributed by atoms with Gasteiger partial charge < -0.3 is 15.4 Å². The van der Waals surface area contributed by atoms with Crippen LogP contribution in [0.2, 0.25) is 5.15 Å². The van der Waals surface area contributed by atoms with Crippen LogP contribution in [0.1, 0.15) is 12.8 Å². The van der Waals surface area contributed by atoms with Crippen LogP contribution in [-0.4, -0.2) is 36.0 Å². The molecule has 1 saturated carbocycles. The molecule has 3 rings (SSSR count). The van der Waals surface area contributed by atoms with Gasteiger partial charge in [-0.05, 0) is 43.7 Å². The van der Waals surface area contributed by atoms with Gasteiger partial charge in [-0.15, -0.1) is 11.6 Å².